The van der Waals surface area contributed by atoms with Crippen molar-refractivity contribution >= 4 is 5.91 Å². The van der Waals surface area contributed by atoms with E-state index in [1.165, 1.54) is 25.7 Å². The molecule has 1 amide bonds. The number of amides is 1. The lowest BCUT2D eigenvalue weighted by atomic mass is 9.93. The van der Waals surface area contributed by atoms with Gasteiger partial charge in [0.1, 0.15) is 0 Å². The Labute approximate surface area is 162 Å². The first-order chi connectivity index (χ1) is 13.3. The van der Waals surface area contributed by atoms with Gasteiger partial charge in [0.2, 0.25) is 11.8 Å². The molecule has 0 N–H and O–H groups in total. The fourth-order valence-electron chi connectivity index (χ4n) is 4.89. The molecule has 6 nitrogen and oxygen atoms in total. The maximum Gasteiger partial charge on any atom is 0.226 e. The van der Waals surface area contributed by atoms with E-state index >= 15 is 0 Å². The molecule has 2 saturated heterocycles. The van der Waals surface area contributed by atoms with Crippen LogP contribution in [0.1, 0.15) is 81.8 Å². The van der Waals surface area contributed by atoms with Crippen molar-refractivity contribution < 1.29 is 14.1 Å². The smallest absolute Gasteiger partial charge is 0.226 e. The zero-order valence-corrected chi connectivity index (χ0v) is 16.4. The minimum Gasteiger partial charge on any atom is -0.381 e. The third kappa shape index (κ3) is 5.09. The minimum absolute atomic E-state index is 0.361. The summed E-state index contributed by atoms with van der Waals surface area (Å²) >= 11 is 0. The van der Waals surface area contributed by atoms with Crippen molar-refractivity contribution in [3.05, 3.63) is 11.7 Å². The topological polar surface area (TPSA) is 68.5 Å². The van der Waals surface area contributed by atoms with Crippen molar-refractivity contribution in [1.29, 1.82) is 0 Å². The number of piperidine rings is 1. The monoisotopic (exact) mass is 375 g/mol. The number of aromatic nitrogens is 2. The third-order valence-electron chi connectivity index (χ3n) is 6.74. The Kier molecular flexibility index (Phi) is 6.43. The summed E-state index contributed by atoms with van der Waals surface area (Å²) in [5.41, 5.74) is 0. The lowest BCUT2D eigenvalue weighted by Crippen LogP contribution is -2.39. The van der Waals surface area contributed by atoms with Gasteiger partial charge in [-0.2, -0.15) is 4.98 Å². The Morgan fingerprint density at radius 1 is 1.00 bits per heavy atom. The van der Waals surface area contributed by atoms with Crippen molar-refractivity contribution in [2.75, 3.05) is 26.3 Å². The minimum atomic E-state index is 0.361. The fourth-order valence-corrected chi connectivity index (χ4v) is 4.89. The van der Waals surface area contributed by atoms with E-state index < -0.39 is 0 Å². The number of likely N-dealkylation sites (tertiary alicyclic amines) is 1. The van der Waals surface area contributed by atoms with E-state index in [1.54, 1.807) is 0 Å². The normalized spacial score (nSPS) is 23.2. The molecule has 3 heterocycles. The summed E-state index contributed by atoms with van der Waals surface area (Å²) in [5, 5.41) is 4.20. The molecule has 1 aromatic heterocycles. The lowest BCUT2D eigenvalue weighted by molar-refractivity contribution is -0.132. The third-order valence-corrected chi connectivity index (χ3v) is 6.74. The highest BCUT2D eigenvalue weighted by Gasteiger charge is 2.26. The van der Waals surface area contributed by atoms with Crippen LogP contribution in [0.15, 0.2) is 4.52 Å². The van der Waals surface area contributed by atoms with Gasteiger partial charge in [-0.05, 0) is 43.9 Å². The fraction of sp³-hybridized carbons (Fsp3) is 0.857. The Hall–Kier alpha value is -1.43. The van der Waals surface area contributed by atoms with Crippen LogP contribution < -0.4 is 0 Å². The Bertz CT molecular complexity index is 598. The number of rotatable bonds is 6. The number of nitrogens with zero attached hydrogens (tertiary/aromatic N) is 3. The summed E-state index contributed by atoms with van der Waals surface area (Å²) in [6, 6.07) is 0. The summed E-state index contributed by atoms with van der Waals surface area (Å²) in [4.78, 5) is 19.2. The van der Waals surface area contributed by atoms with Crippen LogP contribution in [0.4, 0.5) is 0 Å². The van der Waals surface area contributed by atoms with Crippen molar-refractivity contribution in [3.63, 3.8) is 0 Å². The molecular formula is C21H33N3O3. The van der Waals surface area contributed by atoms with Gasteiger partial charge in [0.15, 0.2) is 5.82 Å². The van der Waals surface area contributed by atoms with Gasteiger partial charge in [-0.3, -0.25) is 4.79 Å². The summed E-state index contributed by atoms with van der Waals surface area (Å²) in [5.74, 6) is 3.71. The molecule has 3 fully saturated rings. The van der Waals surface area contributed by atoms with E-state index in [0.29, 0.717) is 17.7 Å². The highest BCUT2D eigenvalue weighted by atomic mass is 16.5. The second-order valence-corrected chi connectivity index (χ2v) is 8.65. The summed E-state index contributed by atoms with van der Waals surface area (Å²) in [7, 11) is 0. The maximum absolute atomic E-state index is 12.5. The van der Waals surface area contributed by atoms with Crippen LogP contribution in [-0.2, 0) is 16.0 Å². The first-order valence-electron chi connectivity index (χ1n) is 11.0. The molecular weight excluding hydrogens is 342 g/mol. The largest absolute Gasteiger partial charge is 0.381 e. The molecule has 0 radical (unpaired) electrons. The van der Waals surface area contributed by atoms with Crippen molar-refractivity contribution in [2.45, 2.75) is 76.5 Å². The summed E-state index contributed by atoms with van der Waals surface area (Å²) in [6.45, 7) is 3.35. The molecule has 27 heavy (non-hydrogen) atoms. The molecule has 1 aliphatic carbocycles. The quantitative estimate of drug-likeness (QED) is 0.758. The highest BCUT2D eigenvalue weighted by Crippen LogP contribution is 2.30. The van der Waals surface area contributed by atoms with Crippen LogP contribution in [0.5, 0.6) is 0 Å². The van der Waals surface area contributed by atoms with Gasteiger partial charge in [0.05, 0.1) is 0 Å². The number of carbonyl (C=O) groups is 1. The molecule has 0 aromatic carbocycles. The second kappa shape index (κ2) is 9.18. The molecule has 0 unspecified atom stereocenters. The standard InChI is InChI=1S/C21H33N3O3/c25-20(6-5-16-3-1-2-4-16)24-11-7-17(8-12-24)15-19-22-21(23-27-19)18-9-13-26-14-10-18/h16-18H,1-15H2. The van der Waals surface area contributed by atoms with Crippen molar-refractivity contribution in [1.82, 2.24) is 15.0 Å². The Morgan fingerprint density at radius 3 is 2.48 bits per heavy atom. The van der Waals surface area contributed by atoms with Crippen LogP contribution >= 0.6 is 0 Å². The molecule has 3 aliphatic rings. The van der Waals surface area contributed by atoms with Crippen molar-refractivity contribution in [3.8, 4) is 0 Å². The molecule has 0 bridgehead atoms. The number of ether oxygens (including phenoxy) is 1. The SMILES string of the molecule is O=C(CCC1CCCC1)N1CCC(Cc2nc(C3CCOCC3)no2)CC1. The summed E-state index contributed by atoms with van der Waals surface area (Å²) in [6.07, 6.45) is 12.1. The summed E-state index contributed by atoms with van der Waals surface area (Å²) < 4.78 is 10.9. The number of hydrogen-bond donors (Lipinski definition) is 0. The maximum atomic E-state index is 12.5. The zero-order valence-electron chi connectivity index (χ0n) is 16.4. The average Bonchev–Trinajstić information content (AvgIpc) is 3.39. The zero-order chi connectivity index (χ0) is 18.5. The van der Waals surface area contributed by atoms with E-state index in [-0.39, 0.29) is 0 Å². The lowest BCUT2D eigenvalue weighted by Gasteiger charge is -2.31. The van der Waals surface area contributed by atoms with Gasteiger partial charge in [0, 0.05) is 45.1 Å². The van der Waals surface area contributed by atoms with E-state index in [4.69, 9.17) is 9.26 Å². The molecule has 0 spiro atoms. The van der Waals surface area contributed by atoms with E-state index in [1.807, 2.05) is 0 Å². The van der Waals surface area contributed by atoms with Gasteiger partial charge in [-0.1, -0.05) is 30.8 Å². The van der Waals surface area contributed by atoms with E-state index in [2.05, 4.69) is 15.0 Å². The van der Waals surface area contributed by atoms with Gasteiger partial charge in [0.25, 0.3) is 0 Å². The van der Waals surface area contributed by atoms with E-state index in [9.17, 15) is 4.79 Å². The molecule has 4 rings (SSSR count). The first kappa shape index (κ1) is 18.9. The van der Waals surface area contributed by atoms with Gasteiger partial charge in [-0.25, -0.2) is 0 Å². The molecule has 0 atom stereocenters. The molecule has 6 heteroatoms. The first-order valence-corrected chi connectivity index (χ1v) is 11.0. The number of hydrogen-bond acceptors (Lipinski definition) is 5. The van der Waals surface area contributed by atoms with E-state index in [0.717, 1.165) is 88.9 Å². The van der Waals surface area contributed by atoms with Crippen LogP contribution in [0.25, 0.3) is 0 Å². The molecule has 150 valence electrons. The Balaban J connectivity index is 1.19. The molecule has 1 aromatic rings. The predicted molar refractivity (Wildman–Crippen MR) is 101 cm³/mol. The van der Waals surface area contributed by atoms with Crippen LogP contribution in [0.3, 0.4) is 0 Å². The van der Waals surface area contributed by atoms with Gasteiger partial charge in [-0.15, -0.1) is 0 Å². The highest BCUT2D eigenvalue weighted by molar-refractivity contribution is 5.76. The van der Waals surface area contributed by atoms with Crippen molar-refractivity contribution in [2.24, 2.45) is 11.8 Å². The molecule has 2 aliphatic heterocycles. The number of carbonyl (C=O) groups excluding carboxylic acids is 1. The van der Waals surface area contributed by atoms with Gasteiger partial charge >= 0.3 is 0 Å². The predicted octanol–water partition coefficient (Wildman–Crippen LogP) is 3.72. The Morgan fingerprint density at radius 2 is 1.74 bits per heavy atom. The van der Waals surface area contributed by atoms with Crippen LogP contribution in [-0.4, -0.2) is 47.3 Å². The average molecular weight is 376 g/mol. The molecule has 1 saturated carbocycles. The van der Waals surface area contributed by atoms with Crippen LogP contribution in [0, 0.1) is 11.8 Å². The van der Waals surface area contributed by atoms with Crippen LogP contribution in [0.2, 0.25) is 0 Å². The second-order valence-electron chi connectivity index (χ2n) is 8.65. The van der Waals surface area contributed by atoms with Gasteiger partial charge < -0.3 is 14.2 Å².